The second-order valence-corrected chi connectivity index (χ2v) is 7.19. The van der Waals surface area contributed by atoms with Gasteiger partial charge in [0.25, 0.3) is 5.56 Å². The normalized spacial score (nSPS) is 10.7. The Morgan fingerprint density at radius 2 is 2.09 bits per heavy atom. The zero-order valence-corrected chi connectivity index (χ0v) is 15.0. The molecule has 0 saturated heterocycles. The van der Waals surface area contributed by atoms with Gasteiger partial charge in [0.2, 0.25) is 0 Å². The zero-order chi connectivity index (χ0) is 16.6. The summed E-state index contributed by atoms with van der Waals surface area (Å²) in [5, 5.41) is 9.64. The van der Waals surface area contributed by atoms with Crippen LogP contribution in [0.2, 0.25) is 0 Å². The van der Waals surface area contributed by atoms with E-state index in [1.165, 1.54) is 16.2 Å². The lowest BCUT2D eigenvalue weighted by molar-refractivity contribution is 0.112. The van der Waals surface area contributed by atoms with Gasteiger partial charge in [-0.15, -0.1) is 11.8 Å². The molecule has 0 unspecified atom stereocenters. The lowest BCUT2D eigenvalue weighted by Gasteiger charge is -2.05. The maximum atomic E-state index is 12.7. The molecule has 0 fully saturated rings. The molecule has 0 aliphatic rings. The van der Waals surface area contributed by atoms with E-state index < -0.39 is 5.56 Å². The molecule has 8 heteroatoms. The molecule has 0 aliphatic heterocycles. The van der Waals surface area contributed by atoms with E-state index in [9.17, 15) is 14.9 Å². The molecule has 0 N–H and O–H groups in total. The van der Waals surface area contributed by atoms with Gasteiger partial charge >= 0.3 is 0 Å². The number of thioether (sulfide) groups is 1. The number of nitriles is 1. The van der Waals surface area contributed by atoms with Crippen LogP contribution >= 0.6 is 39.0 Å². The van der Waals surface area contributed by atoms with Gasteiger partial charge in [-0.3, -0.25) is 9.59 Å². The van der Waals surface area contributed by atoms with Crippen molar-refractivity contribution in [3.63, 3.8) is 0 Å². The summed E-state index contributed by atoms with van der Waals surface area (Å²) in [6.07, 6.45) is 2.46. The van der Waals surface area contributed by atoms with Crippen molar-refractivity contribution < 1.29 is 4.79 Å². The quantitative estimate of drug-likeness (QED) is 0.378. The van der Waals surface area contributed by atoms with E-state index in [1.54, 1.807) is 18.4 Å². The number of aromatic nitrogens is 2. The van der Waals surface area contributed by atoms with Crippen LogP contribution in [0.4, 0.5) is 0 Å². The predicted molar refractivity (Wildman–Crippen MR) is 94.4 cm³/mol. The second kappa shape index (κ2) is 6.28. The first-order valence-electron chi connectivity index (χ1n) is 6.35. The predicted octanol–water partition coefficient (Wildman–Crippen LogP) is 3.59. The van der Waals surface area contributed by atoms with E-state index in [-0.39, 0.29) is 5.56 Å². The van der Waals surface area contributed by atoms with Crippen LogP contribution in [0.25, 0.3) is 16.2 Å². The highest BCUT2D eigenvalue weighted by molar-refractivity contribution is 9.10. The summed E-state index contributed by atoms with van der Waals surface area (Å²) >= 11 is 5.73. The van der Waals surface area contributed by atoms with Crippen LogP contribution in [-0.2, 0) is 0 Å². The number of benzene rings is 1. The summed E-state index contributed by atoms with van der Waals surface area (Å²) in [5.74, 6) is 0. The molecule has 0 radical (unpaired) electrons. The number of thiazole rings is 1. The number of halogens is 1. The van der Waals surface area contributed by atoms with E-state index in [2.05, 4.69) is 20.9 Å². The molecule has 1 aromatic carbocycles. The highest BCUT2D eigenvalue weighted by Crippen LogP contribution is 2.31. The van der Waals surface area contributed by atoms with Gasteiger partial charge in [0, 0.05) is 10.0 Å². The Morgan fingerprint density at radius 1 is 1.39 bits per heavy atom. The average Bonchev–Trinajstić information content (AvgIpc) is 2.94. The molecule has 23 heavy (non-hydrogen) atoms. The summed E-state index contributed by atoms with van der Waals surface area (Å²) in [5.41, 5.74) is 0.716. The number of fused-ring (bicyclic) bond motifs is 1. The van der Waals surface area contributed by atoms with Crippen molar-refractivity contribution >= 4 is 50.3 Å². The molecule has 5 nitrogen and oxygen atoms in total. The topological polar surface area (TPSA) is 75.2 Å². The van der Waals surface area contributed by atoms with Crippen LogP contribution < -0.4 is 5.56 Å². The first-order chi connectivity index (χ1) is 11.1. The summed E-state index contributed by atoms with van der Waals surface area (Å²) < 4.78 is 2.23. The molecule has 0 bridgehead atoms. The maximum absolute atomic E-state index is 12.7. The van der Waals surface area contributed by atoms with Crippen LogP contribution in [0.5, 0.6) is 0 Å². The zero-order valence-electron chi connectivity index (χ0n) is 11.7. The molecule has 3 rings (SSSR count). The van der Waals surface area contributed by atoms with E-state index in [4.69, 9.17) is 0 Å². The molecule has 0 amide bonds. The number of rotatable bonds is 3. The van der Waals surface area contributed by atoms with E-state index in [1.807, 2.05) is 18.2 Å². The van der Waals surface area contributed by atoms with Gasteiger partial charge in [-0.1, -0.05) is 39.4 Å². The Kier molecular flexibility index (Phi) is 4.35. The monoisotopic (exact) mass is 405 g/mol. The Bertz CT molecular complexity index is 1020. The van der Waals surface area contributed by atoms with Gasteiger partial charge in [0.05, 0.1) is 10.6 Å². The van der Waals surface area contributed by atoms with Crippen molar-refractivity contribution in [2.75, 3.05) is 6.26 Å². The standard InChI is InChI=1S/C15H8BrN3O2S2/c1-22-13-10(6-17)14(21)19-12(8-2-4-9(16)5-3-8)11(7-20)23-15(19)18-13/h2-5,7H,1H3. The van der Waals surface area contributed by atoms with Crippen molar-refractivity contribution in [1.29, 1.82) is 5.26 Å². The summed E-state index contributed by atoms with van der Waals surface area (Å²) in [6, 6.07) is 9.18. The van der Waals surface area contributed by atoms with E-state index in [0.29, 0.717) is 32.4 Å². The summed E-state index contributed by atoms with van der Waals surface area (Å²) in [4.78, 5) is 29.3. The fourth-order valence-electron chi connectivity index (χ4n) is 2.21. The van der Waals surface area contributed by atoms with Crippen LogP contribution in [0.15, 0.2) is 38.6 Å². The number of carbonyl (C=O) groups is 1. The number of hydrogen-bond donors (Lipinski definition) is 0. The van der Waals surface area contributed by atoms with E-state index >= 15 is 0 Å². The third kappa shape index (κ3) is 2.61. The Hall–Kier alpha value is -1.95. The number of nitrogens with zero attached hydrogens (tertiary/aromatic N) is 3. The molecule has 0 atom stereocenters. The van der Waals surface area contributed by atoms with Crippen LogP contribution in [0.1, 0.15) is 15.2 Å². The molecule has 114 valence electrons. The number of aldehydes is 1. The van der Waals surface area contributed by atoms with Gasteiger partial charge in [0.1, 0.15) is 16.7 Å². The summed E-state index contributed by atoms with van der Waals surface area (Å²) in [6.45, 7) is 0. The van der Waals surface area contributed by atoms with Crippen molar-refractivity contribution in [2.45, 2.75) is 5.03 Å². The van der Waals surface area contributed by atoms with Gasteiger partial charge in [0.15, 0.2) is 11.2 Å². The smallest absolute Gasteiger partial charge is 0.278 e. The van der Waals surface area contributed by atoms with Gasteiger partial charge in [-0.05, 0) is 18.4 Å². The Balaban J connectivity index is 2.46. The highest BCUT2D eigenvalue weighted by atomic mass is 79.9. The molecule has 0 aliphatic carbocycles. The fraction of sp³-hybridized carbons (Fsp3) is 0.0667. The Labute approximate surface area is 147 Å². The van der Waals surface area contributed by atoms with Crippen LogP contribution in [-0.4, -0.2) is 21.9 Å². The lowest BCUT2D eigenvalue weighted by Crippen LogP contribution is -2.19. The number of hydrogen-bond acceptors (Lipinski definition) is 6. The van der Waals surface area contributed by atoms with Crippen molar-refractivity contribution in [3.05, 3.63) is 49.5 Å². The van der Waals surface area contributed by atoms with Crippen molar-refractivity contribution in [3.8, 4) is 17.3 Å². The highest BCUT2D eigenvalue weighted by Gasteiger charge is 2.20. The van der Waals surface area contributed by atoms with Gasteiger partial charge in [-0.25, -0.2) is 9.38 Å². The largest absolute Gasteiger partial charge is 0.297 e. The van der Waals surface area contributed by atoms with Gasteiger partial charge in [-0.2, -0.15) is 5.26 Å². The van der Waals surface area contributed by atoms with Crippen molar-refractivity contribution in [1.82, 2.24) is 9.38 Å². The third-order valence-electron chi connectivity index (χ3n) is 3.21. The van der Waals surface area contributed by atoms with Gasteiger partial charge < -0.3 is 0 Å². The molecular weight excluding hydrogens is 398 g/mol. The molecule has 0 saturated carbocycles. The first kappa shape index (κ1) is 15.9. The summed E-state index contributed by atoms with van der Waals surface area (Å²) in [7, 11) is 0. The second-order valence-electron chi connectivity index (χ2n) is 4.47. The third-order valence-corrected chi connectivity index (χ3v) is 5.38. The van der Waals surface area contributed by atoms with E-state index in [0.717, 1.165) is 15.8 Å². The molecule has 3 aromatic rings. The molecule has 2 heterocycles. The van der Waals surface area contributed by atoms with Crippen LogP contribution in [0, 0.1) is 11.3 Å². The maximum Gasteiger partial charge on any atom is 0.278 e. The minimum absolute atomic E-state index is 0.0105. The lowest BCUT2D eigenvalue weighted by atomic mass is 10.1. The Morgan fingerprint density at radius 3 is 2.65 bits per heavy atom. The number of carbonyl (C=O) groups excluding carboxylic acids is 1. The molecular formula is C15H8BrN3O2S2. The van der Waals surface area contributed by atoms with Crippen molar-refractivity contribution in [2.24, 2.45) is 0 Å². The minimum Gasteiger partial charge on any atom is -0.297 e. The SMILES string of the molecule is CSc1nc2sc(C=O)c(-c3ccc(Br)cc3)n2c(=O)c1C#N. The first-order valence-corrected chi connectivity index (χ1v) is 9.19. The fourth-order valence-corrected chi connectivity index (χ4v) is 4.00. The molecule has 2 aromatic heterocycles. The van der Waals surface area contributed by atoms with Crippen LogP contribution in [0.3, 0.4) is 0 Å². The average molecular weight is 406 g/mol. The molecule has 0 spiro atoms. The minimum atomic E-state index is -0.455.